The van der Waals surface area contributed by atoms with Crippen molar-refractivity contribution in [1.29, 1.82) is 0 Å². The van der Waals surface area contributed by atoms with E-state index >= 15 is 0 Å². The Morgan fingerprint density at radius 3 is 2.70 bits per heavy atom. The van der Waals surface area contributed by atoms with E-state index in [2.05, 4.69) is 4.84 Å². The number of nitrogens with two attached hydrogens (primary N) is 1. The minimum absolute atomic E-state index is 0.420. The first-order valence-electron chi connectivity index (χ1n) is 3.11. The average molecular weight is 141 g/mol. The fourth-order valence-electron chi connectivity index (χ4n) is 0.917. The zero-order chi connectivity index (χ0) is 7.56. The molecular weight excluding hydrogens is 130 g/mol. The number of furan rings is 1. The third kappa shape index (κ3) is 1.37. The lowest BCUT2D eigenvalue weighted by Crippen LogP contribution is -1.98. The van der Waals surface area contributed by atoms with Crippen molar-refractivity contribution in [3.63, 3.8) is 0 Å². The van der Waals surface area contributed by atoms with Crippen molar-refractivity contribution >= 4 is 0 Å². The van der Waals surface area contributed by atoms with Crippen LogP contribution in [-0.2, 0) is 11.4 Å². The summed E-state index contributed by atoms with van der Waals surface area (Å²) in [5.74, 6) is 6.67. The molecular formula is C7H11NO2. The van der Waals surface area contributed by atoms with Gasteiger partial charge in [0.15, 0.2) is 0 Å². The molecule has 0 spiro atoms. The predicted octanol–water partition coefficient (Wildman–Crippen LogP) is 1.29. The molecule has 0 unspecified atom stereocenters. The van der Waals surface area contributed by atoms with E-state index in [9.17, 15) is 0 Å². The molecule has 10 heavy (non-hydrogen) atoms. The Labute approximate surface area is 59.7 Å². The summed E-state index contributed by atoms with van der Waals surface area (Å²) in [5, 5.41) is 0. The van der Waals surface area contributed by atoms with Crippen LogP contribution in [0.5, 0.6) is 0 Å². The van der Waals surface area contributed by atoms with Crippen LogP contribution in [0.1, 0.15) is 17.1 Å². The van der Waals surface area contributed by atoms with E-state index in [1.54, 1.807) is 0 Å². The van der Waals surface area contributed by atoms with Crippen LogP contribution < -0.4 is 5.90 Å². The first-order valence-corrected chi connectivity index (χ1v) is 3.11. The monoisotopic (exact) mass is 141 g/mol. The number of aryl methyl sites for hydroxylation is 2. The van der Waals surface area contributed by atoms with Crippen LogP contribution in [0.15, 0.2) is 10.5 Å². The summed E-state index contributed by atoms with van der Waals surface area (Å²) in [6.45, 7) is 4.21. The van der Waals surface area contributed by atoms with E-state index < -0.39 is 0 Å². The zero-order valence-electron chi connectivity index (χ0n) is 6.18. The fraction of sp³-hybridized carbons (Fsp3) is 0.429. The van der Waals surface area contributed by atoms with Crippen LogP contribution in [-0.4, -0.2) is 0 Å². The average Bonchev–Trinajstić information content (AvgIpc) is 2.13. The van der Waals surface area contributed by atoms with E-state index in [1.807, 2.05) is 19.9 Å². The van der Waals surface area contributed by atoms with E-state index in [0.717, 1.165) is 17.1 Å². The number of hydrogen-bond acceptors (Lipinski definition) is 3. The van der Waals surface area contributed by atoms with Crippen LogP contribution in [0.25, 0.3) is 0 Å². The summed E-state index contributed by atoms with van der Waals surface area (Å²) in [5.41, 5.74) is 1.01. The van der Waals surface area contributed by atoms with Crippen LogP contribution in [0.4, 0.5) is 0 Å². The van der Waals surface area contributed by atoms with Crippen molar-refractivity contribution in [2.24, 2.45) is 5.90 Å². The molecule has 0 aliphatic heterocycles. The highest BCUT2D eigenvalue weighted by Crippen LogP contribution is 2.13. The first-order chi connectivity index (χ1) is 4.74. The molecule has 1 rings (SSSR count). The van der Waals surface area contributed by atoms with E-state index in [4.69, 9.17) is 10.3 Å². The number of rotatable bonds is 2. The quantitative estimate of drug-likeness (QED) is 0.631. The molecule has 0 saturated carbocycles. The van der Waals surface area contributed by atoms with Gasteiger partial charge in [-0.15, -0.1) is 0 Å². The topological polar surface area (TPSA) is 48.4 Å². The Hall–Kier alpha value is -0.800. The van der Waals surface area contributed by atoms with Crippen molar-refractivity contribution in [3.05, 3.63) is 23.2 Å². The second-order valence-electron chi connectivity index (χ2n) is 2.25. The normalized spacial score (nSPS) is 10.3. The Kier molecular flexibility index (Phi) is 2.09. The molecule has 1 heterocycles. The van der Waals surface area contributed by atoms with E-state index in [-0.39, 0.29) is 0 Å². The van der Waals surface area contributed by atoms with Crippen molar-refractivity contribution in [2.45, 2.75) is 20.5 Å². The van der Waals surface area contributed by atoms with Crippen LogP contribution in [0.2, 0.25) is 0 Å². The highest BCUT2D eigenvalue weighted by molar-refractivity contribution is 5.18. The summed E-state index contributed by atoms with van der Waals surface area (Å²) < 4.78 is 5.23. The largest absolute Gasteiger partial charge is 0.466 e. The van der Waals surface area contributed by atoms with Gasteiger partial charge in [0.05, 0.1) is 6.61 Å². The molecule has 0 aliphatic rings. The molecule has 1 aromatic rings. The molecule has 0 aliphatic carbocycles. The minimum Gasteiger partial charge on any atom is -0.466 e. The van der Waals surface area contributed by atoms with Gasteiger partial charge in [0.1, 0.15) is 11.5 Å². The summed E-state index contributed by atoms with van der Waals surface area (Å²) >= 11 is 0. The summed E-state index contributed by atoms with van der Waals surface area (Å²) in [7, 11) is 0. The van der Waals surface area contributed by atoms with Crippen LogP contribution in [0.3, 0.4) is 0 Å². The Morgan fingerprint density at radius 1 is 1.60 bits per heavy atom. The van der Waals surface area contributed by atoms with Gasteiger partial charge in [0.25, 0.3) is 0 Å². The second kappa shape index (κ2) is 2.86. The zero-order valence-corrected chi connectivity index (χ0v) is 6.18. The van der Waals surface area contributed by atoms with Gasteiger partial charge >= 0.3 is 0 Å². The smallest absolute Gasteiger partial charge is 0.106 e. The van der Waals surface area contributed by atoms with Crippen molar-refractivity contribution in [3.8, 4) is 0 Å². The third-order valence-corrected chi connectivity index (χ3v) is 1.38. The Bertz CT molecular complexity index is 217. The predicted molar refractivity (Wildman–Crippen MR) is 37.2 cm³/mol. The second-order valence-corrected chi connectivity index (χ2v) is 2.25. The molecule has 0 radical (unpaired) electrons. The van der Waals surface area contributed by atoms with Gasteiger partial charge in [-0.1, -0.05) is 0 Å². The van der Waals surface area contributed by atoms with E-state index in [1.165, 1.54) is 0 Å². The minimum atomic E-state index is 0.420. The van der Waals surface area contributed by atoms with Crippen LogP contribution >= 0.6 is 0 Å². The molecule has 0 fully saturated rings. The lowest BCUT2D eigenvalue weighted by atomic mass is 10.3. The molecule has 3 nitrogen and oxygen atoms in total. The summed E-state index contributed by atoms with van der Waals surface area (Å²) in [4.78, 5) is 4.46. The van der Waals surface area contributed by atoms with Gasteiger partial charge in [-0.05, 0) is 19.9 Å². The highest BCUT2D eigenvalue weighted by atomic mass is 16.6. The molecule has 0 bridgehead atoms. The molecule has 0 aromatic carbocycles. The molecule has 0 amide bonds. The van der Waals surface area contributed by atoms with E-state index in [0.29, 0.717) is 6.61 Å². The third-order valence-electron chi connectivity index (χ3n) is 1.38. The van der Waals surface area contributed by atoms with Crippen molar-refractivity contribution < 1.29 is 9.25 Å². The Balaban J connectivity index is 2.81. The molecule has 2 N–H and O–H groups in total. The molecule has 1 aromatic heterocycles. The van der Waals surface area contributed by atoms with Gasteiger partial charge in [-0.2, -0.15) is 0 Å². The lowest BCUT2D eigenvalue weighted by Gasteiger charge is -1.92. The van der Waals surface area contributed by atoms with Gasteiger partial charge in [-0.3, -0.25) is 4.84 Å². The molecule has 0 saturated heterocycles. The Morgan fingerprint density at radius 2 is 2.30 bits per heavy atom. The maximum Gasteiger partial charge on any atom is 0.106 e. The SMILES string of the molecule is Cc1cc(CON)c(C)o1. The summed E-state index contributed by atoms with van der Waals surface area (Å²) in [6, 6.07) is 1.92. The van der Waals surface area contributed by atoms with Crippen molar-refractivity contribution in [1.82, 2.24) is 0 Å². The maximum absolute atomic E-state index is 5.23. The van der Waals surface area contributed by atoms with Gasteiger partial charge < -0.3 is 4.42 Å². The van der Waals surface area contributed by atoms with Crippen molar-refractivity contribution in [2.75, 3.05) is 0 Å². The first kappa shape index (κ1) is 7.31. The van der Waals surface area contributed by atoms with Crippen LogP contribution in [0, 0.1) is 13.8 Å². The van der Waals surface area contributed by atoms with Gasteiger partial charge in [0.2, 0.25) is 0 Å². The fourth-order valence-corrected chi connectivity index (χ4v) is 0.917. The summed E-state index contributed by atoms with van der Waals surface area (Å²) in [6.07, 6.45) is 0. The number of hydrogen-bond donors (Lipinski definition) is 1. The molecule has 3 heteroatoms. The molecule has 56 valence electrons. The molecule has 0 atom stereocenters. The standard InChI is InChI=1S/C7H11NO2/c1-5-3-7(4-9-8)6(2)10-5/h3H,4,8H2,1-2H3. The maximum atomic E-state index is 5.23. The van der Waals surface area contributed by atoms with Gasteiger partial charge in [-0.25, -0.2) is 5.90 Å². The lowest BCUT2D eigenvalue weighted by molar-refractivity contribution is 0.123. The van der Waals surface area contributed by atoms with Gasteiger partial charge in [0, 0.05) is 5.56 Å². The highest BCUT2D eigenvalue weighted by Gasteiger charge is 2.02.